The van der Waals surface area contributed by atoms with E-state index in [1.54, 1.807) is 0 Å². The first-order valence-electron chi connectivity index (χ1n) is 6.69. The summed E-state index contributed by atoms with van der Waals surface area (Å²) in [7, 11) is 2.05. The van der Waals surface area contributed by atoms with Gasteiger partial charge in [0, 0.05) is 31.1 Å². The van der Waals surface area contributed by atoms with Crippen molar-refractivity contribution in [2.45, 2.75) is 38.8 Å². The number of likely N-dealkylation sites (N-methyl/N-ethyl adjacent to an activating group) is 1. The van der Waals surface area contributed by atoms with Crippen molar-refractivity contribution in [1.29, 1.82) is 0 Å². The third-order valence-corrected chi connectivity index (χ3v) is 3.96. The summed E-state index contributed by atoms with van der Waals surface area (Å²) in [5.74, 6) is 1.66. The predicted molar refractivity (Wildman–Crippen MR) is 66.6 cm³/mol. The zero-order valence-corrected chi connectivity index (χ0v) is 10.9. The van der Waals surface area contributed by atoms with Gasteiger partial charge in [0.2, 0.25) is 0 Å². The van der Waals surface area contributed by atoms with Gasteiger partial charge >= 0.3 is 0 Å². The van der Waals surface area contributed by atoms with E-state index in [2.05, 4.69) is 24.1 Å². The molecule has 2 atom stereocenters. The lowest BCUT2D eigenvalue weighted by Gasteiger charge is -2.30. The van der Waals surface area contributed by atoms with Crippen LogP contribution in [-0.2, 0) is 4.74 Å². The molecular weight excluding hydrogens is 200 g/mol. The smallest absolute Gasteiger partial charge is 0.0623 e. The molecule has 1 aliphatic carbocycles. The maximum atomic E-state index is 5.57. The normalized spacial score (nSPS) is 30.6. The van der Waals surface area contributed by atoms with Gasteiger partial charge in [0.15, 0.2) is 0 Å². The van der Waals surface area contributed by atoms with Crippen LogP contribution in [0, 0.1) is 11.8 Å². The second-order valence-electron chi connectivity index (χ2n) is 5.68. The average molecular weight is 226 g/mol. The molecule has 0 bridgehead atoms. The summed E-state index contributed by atoms with van der Waals surface area (Å²) in [5, 5.41) is 3.38. The molecule has 16 heavy (non-hydrogen) atoms. The van der Waals surface area contributed by atoms with Gasteiger partial charge < -0.3 is 15.0 Å². The molecule has 3 heteroatoms. The summed E-state index contributed by atoms with van der Waals surface area (Å²) in [6.07, 6.45) is 2.89. The topological polar surface area (TPSA) is 24.5 Å². The highest BCUT2D eigenvalue weighted by Crippen LogP contribution is 2.31. The Labute approximate surface area is 99.5 Å². The molecule has 0 amide bonds. The molecule has 1 heterocycles. The zero-order chi connectivity index (χ0) is 11.5. The van der Waals surface area contributed by atoms with Crippen molar-refractivity contribution in [2.24, 2.45) is 11.8 Å². The van der Waals surface area contributed by atoms with E-state index in [0.29, 0.717) is 18.0 Å². The molecule has 0 radical (unpaired) electrons. The fourth-order valence-electron chi connectivity index (χ4n) is 2.53. The second-order valence-corrected chi connectivity index (χ2v) is 5.68. The van der Waals surface area contributed by atoms with Crippen LogP contribution in [0.25, 0.3) is 0 Å². The first kappa shape index (κ1) is 12.3. The van der Waals surface area contributed by atoms with Crippen LogP contribution in [0.2, 0.25) is 0 Å². The minimum Gasteiger partial charge on any atom is -0.379 e. The van der Waals surface area contributed by atoms with Crippen LogP contribution in [0.5, 0.6) is 0 Å². The molecule has 2 aliphatic rings. The van der Waals surface area contributed by atoms with Gasteiger partial charge in [-0.25, -0.2) is 0 Å². The first-order valence-corrected chi connectivity index (χ1v) is 6.69. The number of nitrogens with zero attached hydrogens (tertiary/aromatic N) is 1. The molecule has 0 aromatic carbocycles. The van der Waals surface area contributed by atoms with Crippen LogP contribution >= 0.6 is 0 Å². The van der Waals surface area contributed by atoms with E-state index < -0.39 is 0 Å². The molecule has 1 saturated carbocycles. The minimum atomic E-state index is 0.556. The highest BCUT2D eigenvalue weighted by atomic mass is 16.5. The van der Waals surface area contributed by atoms with E-state index >= 15 is 0 Å². The molecule has 2 rings (SSSR count). The second kappa shape index (κ2) is 5.48. The Morgan fingerprint density at radius 2 is 2.00 bits per heavy atom. The lowest BCUT2D eigenvalue weighted by atomic mass is 10.0. The minimum absolute atomic E-state index is 0.556. The standard InChI is InChI=1S/C13H26N2O/c1-10(2)15(6-11-4-5-11)7-12-8-16-9-13(12)14-3/h10-14H,4-9H2,1-3H3. The van der Waals surface area contributed by atoms with Crippen LogP contribution < -0.4 is 5.32 Å². The van der Waals surface area contributed by atoms with Gasteiger partial charge in [0.1, 0.15) is 0 Å². The van der Waals surface area contributed by atoms with Crippen molar-refractivity contribution in [3.63, 3.8) is 0 Å². The molecule has 2 unspecified atom stereocenters. The lowest BCUT2D eigenvalue weighted by Crippen LogP contribution is -2.43. The molecular formula is C13H26N2O. The summed E-state index contributed by atoms with van der Waals surface area (Å²) >= 11 is 0. The van der Waals surface area contributed by atoms with Gasteiger partial charge in [0.25, 0.3) is 0 Å². The number of hydrogen-bond donors (Lipinski definition) is 1. The molecule has 3 nitrogen and oxygen atoms in total. The molecule has 0 spiro atoms. The summed E-state index contributed by atoms with van der Waals surface area (Å²) < 4.78 is 5.57. The van der Waals surface area contributed by atoms with Crippen LogP contribution in [-0.4, -0.2) is 50.3 Å². The summed E-state index contributed by atoms with van der Waals surface area (Å²) in [5.41, 5.74) is 0. The van der Waals surface area contributed by atoms with Gasteiger partial charge in [-0.1, -0.05) is 0 Å². The summed E-state index contributed by atoms with van der Waals surface area (Å²) in [6.45, 7) is 8.93. The average Bonchev–Trinajstić information content (AvgIpc) is 2.95. The number of rotatable bonds is 6. The van der Waals surface area contributed by atoms with Gasteiger partial charge in [-0.15, -0.1) is 0 Å². The SMILES string of the molecule is CNC1COCC1CN(CC1CC1)C(C)C. The van der Waals surface area contributed by atoms with Crippen molar-refractivity contribution >= 4 is 0 Å². The number of nitrogens with one attached hydrogen (secondary N) is 1. The molecule has 1 saturated heterocycles. The zero-order valence-electron chi connectivity index (χ0n) is 10.9. The Balaban J connectivity index is 1.83. The van der Waals surface area contributed by atoms with E-state index in [-0.39, 0.29) is 0 Å². The molecule has 94 valence electrons. The number of ether oxygens (including phenoxy) is 1. The van der Waals surface area contributed by atoms with Gasteiger partial charge in [-0.2, -0.15) is 0 Å². The Hall–Kier alpha value is -0.120. The van der Waals surface area contributed by atoms with E-state index in [0.717, 1.165) is 19.1 Å². The molecule has 0 aromatic heterocycles. The molecule has 1 aliphatic heterocycles. The van der Waals surface area contributed by atoms with Gasteiger partial charge in [-0.3, -0.25) is 0 Å². The van der Waals surface area contributed by atoms with Crippen LogP contribution in [0.3, 0.4) is 0 Å². The van der Waals surface area contributed by atoms with E-state index in [1.165, 1.54) is 25.9 Å². The first-order chi connectivity index (χ1) is 7.70. The fraction of sp³-hybridized carbons (Fsp3) is 1.00. The monoisotopic (exact) mass is 226 g/mol. The molecule has 2 fully saturated rings. The predicted octanol–water partition coefficient (Wildman–Crippen LogP) is 1.34. The highest BCUT2D eigenvalue weighted by Gasteiger charge is 2.31. The third-order valence-electron chi connectivity index (χ3n) is 3.96. The van der Waals surface area contributed by atoms with Crippen molar-refractivity contribution in [1.82, 2.24) is 10.2 Å². The third kappa shape index (κ3) is 3.19. The Bertz CT molecular complexity index is 216. The maximum absolute atomic E-state index is 5.57. The largest absolute Gasteiger partial charge is 0.379 e. The fourth-order valence-corrected chi connectivity index (χ4v) is 2.53. The van der Waals surface area contributed by atoms with Crippen LogP contribution in [0.1, 0.15) is 26.7 Å². The van der Waals surface area contributed by atoms with E-state index in [4.69, 9.17) is 4.74 Å². The quantitative estimate of drug-likeness (QED) is 0.740. The summed E-state index contributed by atoms with van der Waals surface area (Å²) in [4.78, 5) is 2.64. The number of hydrogen-bond acceptors (Lipinski definition) is 3. The van der Waals surface area contributed by atoms with Crippen molar-refractivity contribution in [2.75, 3.05) is 33.4 Å². The Morgan fingerprint density at radius 1 is 1.25 bits per heavy atom. The van der Waals surface area contributed by atoms with Gasteiger partial charge in [-0.05, 0) is 39.7 Å². The van der Waals surface area contributed by atoms with Crippen molar-refractivity contribution in [3.05, 3.63) is 0 Å². The highest BCUT2D eigenvalue weighted by molar-refractivity contribution is 4.86. The van der Waals surface area contributed by atoms with E-state index in [1.807, 2.05) is 7.05 Å². The van der Waals surface area contributed by atoms with Crippen molar-refractivity contribution in [3.8, 4) is 0 Å². The lowest BCUT2D eigenvalue weighted by molar-refractivity contribution is 0.148. The Kier molecular flexibility index (Phi) is 4.22. The Morgan fingerprint density at radius 3 is 2.56 bits per heavy atom. The maximum Gasteiger partial charge on any atom is 0.0623 e. The molecule has 0 aromatic rings. The van der Waals surface area contributed by atoms with Gasteiger partial charge in [0.05, 0.1) is 13.2 Å². The van der Waals surface area contributed by atoms with Crippen LogP contribution in [0.4, 0.5) is 0 Å². The van der Waals surface area contributed by atoms with E-state index in [9.17, 15) is 0 Å². The molecule has 1 N–H and O–H groups in total. The van der Waals surface area contributed by atoms with Crippen LogP contribution in [0.15, 0.2) is 0 Å². The van der Waals surface area contributed by atoms with Crippen molar-refractivity contribution < 1.29 is 4.74 Å². The summed E-state index contributed by atoms with van der Waals surface area (Å²) in [6, 6.07) is 1.22.